The number of benzene rings is 1. The minimum Gasteiger partial charge on any atom is -0.362 e. The van der Waals surface area contributed by atoms with Gasteiger partial charge in [-0.15, -0.1) is 4.40 Å². The van der Waals surface area contributed by atoms with E-state index < -0.39 is 10.0 Å². The Morgan fingerprint density at radius 1 is 1.30 bits per heavy atom. The molecular weight excluding hydrogens is 314 g/mol. The van der Waals surface area contributed by atoms with Crippen molar-refractivity contribution in [3.63, 3.8) is 0 Å². The van der Waals surface area contributed by atoms with Crippen LogP contribution in [-0.4, -0.2) is 38.7 Å². The second-order valence-corrected chi connectivity index (χ2v) is 7.94. The molecule has 1 aromatic rings. The number of amides is 1. The van der Waals surface area contributed by atoms with Gasteiger partial charge in [0.1, 0.15) is 5.84 Å². The van der Waals surface area contributed by atoms with Crippen LogP contribution in [0.5, 0.6) is 0 Å². The third-order valence-corrected chi connectivity index (χ3v) is 5.75. The molecule has 1 saturated carbocycles. The van der Waals surface area contributed by atoms with Gasteiger partial charge in [-0.2, -0.15) is 8.42 Å². The SMILES string of the molecule is C[C@@H]1C[C@@H]1C(=O)Nc1ccc(S(=O)(=O)N=C2CCCN2C)cc1. The molecule has 3 rings (SSSR count). The summed E-state index contributed by atoms with van der Waals surface area (Å²) in [4.78, 5) is 13.9. The van der Waals surface area contributed by atoms with Crippen molar-refractivity contribution in [3.8, 4) is 0 Å². The lowest BCUT2D eigenvalue weighted by molar-refractivity contribution is -0.117. The molecule has 2 fully saturated rings. The number of rotatable bonds is 4. The van der Waals surface area contributed by atoms with Crippen LogP contribution >= 0.6 is 0 Å². The minimum absolute atomic E-state index is 0.000862. The van der Waals surface area contributed by atoms with Crippen LogP contribution in [0.15, 0.2) is 33.6 Å². The zero-order valence-electron chi connectivity index (χ0n) is 13.3. The summed E-state index contributed by atoms with van der Waals surface area (Å²) in [5.74, 6) is 1.13. The summed E-state index contributed by atoms with van der Waals surface area (Å²) < 4.78 is 28.6. The Morgan fingerprint density at radius 3 is 2.48 bits per heavy atom. The fourth-order valence-corrected chi connectivity index (χ4v) is 3.83. The predicted octanol–water partition coefficient (Wildman–Crippen LogP) is 2.09. The van der Waals surface area contributed by atoms with Gasteiger partial charge >= 0.3 is 0 Å². The number of nitrogens with one attached hydrogen (secondary N) is 1. The van der Waals surface area contributed by atoms with Crippen LogP contribution in [0.1, 0.15) is 26.2 Å². The molecule has 2 atom stereocenters. The standard InChI is InChI=1S/C16H21N3O3S/c1-11-10-14(11)16(20)17-12-5-7-13(8-6-12)23(21,22)18-15-4-3-9-19(15)2/h5-8,11,14H,3-4,9-10H2,1-2H3,(H,17,20)/t11-,14+/m1/s1. The van der Waals surface area contributed by atoms with Crippen LogP contribution in [0.3, 0.4) is 0 Å². The van der Waals surface area contributed by atoms with E-state index in [0.29, 0.717) is 23.9 Å². The Labute approximate surface area is 136 Å². The molecule has 1 aromatic carbocycles. The zero-order valence-corrected chi connectivity index (χ0v) is 14.1. The van der Waals surface area contributed by atoms with Gasteiger partial charge in [0, 0.05) is 31.6 Å². The molecule has 1 amide bonds. The van der Waals surface area contributed by atoms with E-state index in [9.17, 15) is 13.2 Å². The Balaban J connectivity index is 1.72. The van der Waals surface area contributed by atoms with Gasteiger partial charge in [-0.3, -0.25) is 4.79 Å². The number of carbonyl (C=O) groups excluding carboxylic acids is 1. The summed E-state index contributed by atoms with van der Waals surface area (Å²) in [5, 5.41) is 2.82. The third kappa shape index (κ3) is 3.55. The molecule has 1 aliphatic carbocycles. The van der Waals surface area contributed by atoms with Crippen molar-refractivity contribution in [2.24, 2.45) is 16.2 Å². The molecule has 124 valence electrons. The summed E-state index contributed by atoms with van der Waals surface area (Å²) in [6.07, 6.45) is 2.53. The van der Waals surface area contributed by atoms with E-state index in [2.05, 4.69) is 9.71 Å². The van der Waals surface area contributed by atoms with Gasteiger partial charge in [0.25, 0.3) is 10.0 Å². The average molecular weight is 335 g/mol. The number of amidine groups is 1. The van der Waals surface area contributed by atoms with Crippen LogP contribution in [0, 0.1) is 11.8 Å². The van der Waals surface area contributed by atoms with E-state index >= 15 is 0 Å². The van der Waals surface area contributed by atoms with Crippen LogP contribution in [0.2, 0.25) is 0 Å². The molecule has 23 heavy (non-hydrogen) atoms. The summed E-state index contributed by atoms with van der Waals surface area (Å²) in [7, 11) is -1.85. The van der Waals surface area contributed by atoms with Gasteiger partial charge in [-0.25, -0.2) is 0 Å². The minimum atomic E-state index is -3.70. The molecule has 1 aliphatic heterocycles. The number of carbonyl (C=O) groups is 1. The maximum absolute atomic E-state index is 12.3. The van der Waals surface area contributed by atoms with Gasteiger partial charge < -0.3 is 10.2 Å². The quantitative estimate of drug-likeness (QED) is 0.914. The summed E-state index contributed by atoms with van der Waals surface area (Å²) >= 11 is 0. The smallest absolute Gasteiger partial charge is 0.283 e. The number of anilines is 1. The maximum Gasteiger partial charge on any atom is 0.283 e. The predicted molar refractivity (Wildman–Crippen MR) is 88.8 cm³/mol. The molecule has 1 heterocycles. The van der Waals surface area contributed by atoms with Crippen LogP contribution in [0.25, 0.3) is 0 Å². The number of nitrogens with zero attached hydrogens (tertiary/aromatic N) is 2. The Hall–Kier alpha value is -1.89. The molecule has 0 unspecified atom stereocenters. The molecule has 6 nitrogen and oxygen atoms in total. The largest absolute Gasteiger partial charge is 0.362 e. The number of likely N-dealkylation sites (tertiary alicyclic amines) is 1. The first-order chi connectivity index (χ1) is 10.9. The normalized spacial score (nSPS) is 25.7. The molecule has 0 bridgehead atoms. The molecule has 7 heteroatoms. The van der Waals surface area contributed by atoms with E-state index in [1.807, 2.05) is 18.9 Å². The van der Waals surface area contributed by atoms with Crippen LogP contribution in [-0.2, 0) is 14.8 Å². The van der Waals surface area contributed by atoms with Crippen molar-refractivity contribution in [2.75, 3.05) is 18.9 Å². The topological polar surface area (TPSA) is 78.8 Å². The zero-order chi connectivity index (χ0) is 16.6. The molecule has 1 N–H and O–H groups in total. The first kappa shape index (κ1) is 16.0. The molecule has 2 aliphatic rings. The van der Waals surface area contributed by atoms with E-state index in [0.717, 1.165) is 19.4 Å². The van der Waals surface area contributed by atoms with Crippen LogP contribution in [0.4, 0.5) is 5.69 Å². The van der Waals surface area contributed by atoms with Crippen molar-refractivity contribution >= 4 is 27.5 Å². The maximum atomic E-state index is 12.3. The van der Waals surface area contributed by atoms with Gasteiger partial charge in [0.2, 0.25) is 5.91 Å². The van der Waals surface area contributed by atoms with Crippen molar-refractivity contribution < 1.29 is 13.2 Å². The lowest BCUT2D eigenvalue weighted by Gasteiger charge is -2.11. The fraction of sp³-hybridized carbons (Fsp3) is 0.500. The Morgan fingerprint density at radius 2 is 1.96 bits per heavy atom. The molecule has 0 spiro atoms. The second-order valence-electron chi connectivity index (χ2n) is 6.34. The lowest BCUT2D eigenvalue weighted by Crippen LogP contribution is -2.20. The molecule has 0 radical (unpaired) electrons. The van der Waals surface area contributed by atoms with Gasteiger partial charge in [-0.05, 0) is 43.0 Å². The molecule has 1 saturated heterocycles. The first-order valence-electron chi connectivity index (χ1n) is 7.83. The highest BCUT2D eigenvalue weighted by molar-refractivity contribution is 7.90. The van der Waals surface area contributed by atoms with E-state index in [1.165, 1.54) is 12.1 Å². The van der Waals surface area contributed by atoms with Gasteiger partial charge in [0.05, 0.1) is 4.90 Å². The highest BCUT2D eigenvalue weighted by atomic mass is 32.2. The highest BCUT2D eigenvalue weighted by Gasteiger charge is 2.39. The summed E-state index contributed by atoms with van der Waals surface area (Å²) in [6, 6.07) is 6.19. The summed E-state index contributed by atoms with van der Waals surface area (Å²) in [6.45, 7) is 2.87. The third-order valence-electron chi connectivity index (χ3n) is 4.43. The molecular formula is C16H21N3O3S. The van der Waals surface area contributed by atoms with Crippen molar-refractivity contribution in [1.29, 1.82) is 0 Å². The summed E-state index contributed by atoms with van der Waals surface area (Å²) in [5.41, 5.74) is 0.610. The van der Waals surface area contributed by atoms with E-state index in [-0.39, 0.29) is 16.7 Å². The van der Waals surface area contributed by atoms with Crippen LogP contribution < -0.4 is 5.32 Å². The number of hydrogen-bond donors (Lipinski definition) is 1. The lowest BCUT2D eigenvalue weighted by atomic mass is 10.3. The van der Waals surface area contributed by atoms with Gasteiger partial charge in [0.15, 0.2) is 0 Å². The first-order valence-corrected chi connectivity index (χ1v) is 9.27. The average Bonchev–Trinajstić information content (AvgIpc) is 3.11. The Kier molecular flexibility index (Phi) is 4.14. The fourth-order valence-electron chi connectivity index (χ4n) is 2.73. The van der Waals surface area contributed by atoms with Crippen molar-refractivity contribution in [3.05, 3.63) is 24.3 Å². The number of hydrogen-bond acceptors (Lipinski definition) is 3. The van der Waals surface area contributed by atoms with Gasteiger partial charge in [-0.1, -0.05) is 6.92 Å². The van der Waals surface area contributed by atoms with E-state index in [1.54, 1.807) is 12.1 Å². The highest BCUT2D eigenvalue weighted by Crippen LogP contribution is 2.38. The Bertz CT molecular complexity index is 740. The monoisotopic (exact) mass is 335 g/mol. The van der Waals surface area contributed by atoms with Crippen molar-refractivity contribution in [2.45, 2.75) is 31.1 Å². The van der Waals surface area contributed by atoms with Crippen molar-refractivity contribution in [1.82, 2.24) is 4.90 Å². The molecule has 0 aromatic heterocycles. The number of sulfonamides is 1. The van der Waals surface area contributed by atoms with E-state index in [4.69, 9.17) is 0 Å². The second kappa shape index (κ2) is 5.96.